The summed E-state index contributed by atoms with van der Waals surface area (Å²) in [4.78, 5) is 12.0. The average molecular weight is 270 g/mol. The van der Waals surface area contributed by atoms with Crippen LogP contribution in [0.1, 0.15) is 24.9 Å². The minimum atomic E-state index is -1.06. The van der Waals surface area contributed by atoms with Crippen LogP contribution in [0, 0.1) is 11.6 Å². The van der Waals surface area contributed by atoms with Gasteiger partial charge in [0, 0.05) is 18.2 Å². The molecular weight excluding hydrogens is 254 g/mol. The summed E-state index contributed by atoms with van der Waals surface area (Å²) in [5.41, 5.74) is 5.06. The van der Waals surface area contributed by atoms with Crippen molar-refractivity contribution in [3.63, 3.8) is 0 Å². The molecule has 0 spiro atoms. The lowest BCUT2D eigenvalue weighted by Crippen LogP contribution is -2.55. The van der Waals surface area contributed by atoms with E-state index in [0.29, 0.717) is 13.0 Å². The zero-order valence-electron chi connectivity index (χ0n) is 10.6. The van der Waals surface area contributed by atoms with E-state index in [-0.39, 0.29) is 18.1 Å². The molecule has 1 aromatic carbocycles. The molecule has 6 heteroatoms. The van der Waals surface area contributed by atoms with Crippen LogP contribution in [0.5, 0.6) is 0 Å². The molecule has 104 valence electrons. The van der Waals surface area contributed by atoms with Crippen molar-refractivity contribution in [3.05, 3.63) is 35.4 Å². The van der Waals surface area contributed by atoms with Crippen LogP contribution < -0.4 is 11.1 Å². The summed E-state index contributed by atoms with van der Waals surface area (Å²) in [6, 6.07) is 2.66. The van der Waals surface area contributed by atoms with Crippen molar-refractivity contribution in [2.75, 3.05) is 13.2 Å². The van der Waals surface area contributed by atoms with Crippen LogP contribution in [0.25, 0.3) is 0 Å². The number of halogens is 2. The molecule has 1 fully saturated rings. The van der Waals surface area contributed by atoms with Crippen LogP contribution in [0.15, 0.2) is 18.2 Å². The van der Waals surface area contributed by atoms with Gasteiger partial charge in [-0.25, -0.2) is 8.78 Å². The Morgan fingerprint density at radius 3 is 2.84 bits per heavy atom. The number of nitrogens with two attached hydrogens (primary N) is 1. The maximum absolute atomic E-state index is 13.6. The number of ether oxygens (including phenoxy) is 1. The minimum Gasteiger partial charge on any atom is -0.379 e. The van der Waals surface area contributed by atoms with Crippen molar-refractivity contribution in [2.24, 2.45) is 5.73 Å². The maximum atomic E-state index is 13.6. The molecule has 0 saturated carbocycles. The lowest BCUT2D eigenvalue weighted by Gasteiger charge is -2.24. The van der Waals surface area contributed by atoms with Crippen molar-refractivity contribution in [1.29, 1.82) is 0 Å². The number of amides is 1. The quantitative estimate of drug-likeness (QED) is 0.869. The van der Waals surface area contributed by atoms with E-state index < -0.39 is 23.2 Å². The van der Waals surface area contributed by atoms with E-state index in [2.05, 4.69) is 5.32 Å². The highest BCUT2D eigenvalue weighted by molar-refractivity contribution is 5.86. The van der Waals surface area contributed by atoms with Gasteiger partial charge in [-0.1, -0.05) is 6.07 Å². The topological polar surface area (TPSA) is 64.4 Å². The number of carbonyl (C=O) groups excluding carboxylic acids is 1. The largest absolute Gasteiger partial charge is 0.379 e. The van der Waals surface area contributed by atoms with E-state index in [1.807, 2.05) is 0 Å². The number of nitrogens with one attached hydrogen (secondary N) is 1. The number of benzene rings is 1. The molecule has 1 aromatic rings. The van der Waals surface area contributed by atoms with E-state index in [9.17, 15) is 13.6 Å². The van der Waals surface area contributed by atoms with Gasteiger partial charge in [0.1, 0.15) is 17.2 Å². The first kappa shape index (κ1) is 13.9. The standard InChI is InChI=1S/C13H16F2N2O2/c1-8(10-3-2-9(14)6-11(10)15)17-12(18)13(16)4-5-19-7-13/h2-3,6,8H,4-5,7,16H2,1H3,(H,17,18). The van der Waals surface area contributed by atoms with Crippen LogP contribution in [0.4, 0.5) is 8.78 Å². The molecule has 2 rings (SSSR count). The van der Waals surface area contributed by atoms with E-state index in [0.717, 1.165) is 12.1 Å². The third kappa shape index (κ3) is 2.90. The Balaban J connectivity index is 2.08. The van der Waals surface area contributed by atoms with E-state index in [1.54, 1.807) is 6.92 Å². The Morgan fingerprint density at radius 2 is 2.26 bits per heavy atom. The van der Waals surface area contributed by atoms with E-state index in [4.69, 9.17) is 10.5 Å². The molecule has 1 saturated heterocycles. The van der Waals surface area contributed by atoms with E-state index in [1.165, 1.54) is 6.07 Å². The fourth-order valence-corrected chi connectivity index (χ4v) is 2.03. The zero-order valence-corrected chi connectivity index (χ0v) is 10.6. The third-order valence-corrected chi connectivity index (χ3v) is 3.28. The van der Waals surface area contributed by atoms with Gasteiger partial charge >= 0.3 is 0 Å². The van der Waals surface area contributed by atoms with E-state index >= 15 is 0 Å². The first-order valence-corrected chi connectivity index (χ1v) is 6.05. The Bertz CT molecular complexity index is 488. The monoisotopic (exact) mass is 270 g/mol. The number of hydrogen-bond donors (Lipinski definition) is 2. The van der Waals surface area contributed by atoms with Crippen molar-refractivity contribution in [3.8, 4) is 0 Å². The molecule has 3 N–H and O–H groups in total. The summed E-state index contributed by atoms with van der Waals surface area (Å²) in [5, 5.41) is 2.63. The number of rotatable bonds is 3. The predicted molar refractivity (Wildman–Crippen MR) is 65.3 cm³/mol. The second kappa shape index (κ2) is 5.22. The van der Waals surface area contributed by atoms with Crippen LogP contribution >= 0.6 is 0 Å². The zero-order chi connectivity index (χ0) is 14.0. The molecule has 0 radical (unpaired) electrons. The molecule has 2 unspecified atom stereocenters. The fourth-order valence-electron chi connectivity index (χ4n) is 2.03. The molecule has 1 amide bonds. The summed E-state index contributed by atoms with van der Waals surface area (Å²) in [7, 11) is 0. The van der Waals surface area contributed by atoms with Gasteiger partial charge in [-0.3, -0.25) is 4.79 Å². The van der Waals surface area contributed by atoms with Crippen LogP contribution in [0.2, 0.25) is 0 Å². The number of carbonyl (C=O) groups is 1. The molecule has 0 aromatic heterocycles. The first-order chi connectivity index (χ1) is 8.92. The minimum absolute atomic E-state index is 0.150. The SMILES string of the molecule is CC(NC(=O)C1(N)CCOC1)c1ccc(F)cc1F. The Morgan fingerprint density at radius 1 is 1.53 bits per heavy atom. The molecule has 4 nitrogen and oxygen atoms in total. The van der Waals surface area contributed by atoms with Crippen molar-refractivity contribution in [2.45, 2.75) is 24.9 Å². The average Bonchev–Trinajstić information content (AvgIpc) is 2.77. The normalized spacial score (nSPS) is 24.2. The second-order valence-electron chi connectivity index (χ2n) is 4.82. The molecule has 1 aliphatic rings. The van der Waals surface area contributed by atoms with Gasteiger partial charge in [0.15, 0.2) is 0 Å². The molecular formula is C13H16F2N2O2. The van der Waals surface area contributed by atoms with Crippen LogP contribution in [-0.2, 0) is 9.53 Å². The van der Waals surface area contributed by atoms with Gasteiger partial charge in [-0.05, 0) is 19.4 Å². The fraction of sp³-hybridized carbons (Fsp3) is 0.462. The molecule has 19 heavy (non-hydrogen) atoms. The summed E-state index contributed by atoms with van der Waals surface area (Å²) in [6.07, 6.45) is 0.428. The first-order valence-electron chi connectivity index (χ1n) is 6.05. The summed E-state index contributed by atoms with van der Waals surface area (Å²) in [5.74, 6) is -1.73. The second-order valence-corrected chi connectivity index (χ2v) is 4.82. The Labute approximate surface area is 109 Å². The number of hydrogen-bond acceptors (Lipinski definition) is 3. The van der Waals surface area contributed by atoms with Gasteiger partial charge in [-0.2, -0.15) is 0 Å². The Kier molecular flexibility index (Phi) is 3.82. The summed E-state index contributed by atoms with van der Waals surface area (Å²) < 4.78 is 31.5. The summed E-state index contributed by atoms with van der Waals surface area (Å²) >= 11 is 0. The van der Waals surface area contributed by atoms with Crippen LogP contribution in [-0.4, -0.2) is 24.7 Å². The molecule has 1 heterocycles. The molecule has 1 aliphatic heterocycles. The molecule has 2 atom stereocenters. The highest BCUT2D eigenvalue weighted by Gasteiger charge is 2.38. The smallest absolute Gasteiger partial charge is 0.243 e. The van der Waals surface area contributed by atoms with Crippen molar-refractivity contribution in [1.82, 2.24) is 5.32 Å². The molecule has 0 aliphatic carbocycles. The van der Waals surface area contributed by atoms with Gasteiger partial charge in [0.25, 0.3) is 0 Å². The lowest BCUT2D eigenvalue weighted by atomic mass is 9.98. The third-order valence-electron chi connectivity index (χ3n) is 3.28. The van der Waals surface area contributed by atoms with Crippen molar-refractivity contribution >= 4 is 5.91 Å². The Hall–Kier alpha value is -1.53. The predicted octanol–water partition coefficient (Wildman–Crippen LogP) is 1.26. The highest BCUT2D eigenvalue weighted by atomic mass is 19.1. The van der Waals surface area contributed by atoms with Gasteiger partial charge < -0.3 is 15.8 Å². The van der Waals surface area contributed by atoms with Gasteiger partial charge in [-0.15, -0.1) is 0 Å². The van der Waals surface area contributed by atoms with Gasteiger partial charge in [0.05, 0.1) is 12.6 Å². The lowest BCUT2D eigenvalue weighted by molar-refractivity contribution is -0.127. The summed E-state index contributed by atoms with van der Waals surface area (Å²) in [6.45, 7) is 2.20. The van der Waals surface area contributed by atoms with Gasteiger partial charge in [0.2, 0.25) is 5.91 Å². The maximum Gasteiger partial charge on any atom is 0.243 e. The highest BCUT2D eigenvalue weighted by Crippen LogP contribution is 2.21. The van der Waals surface area contributed by atoms with Crippen molar-refractivity contribution < 1.29 is 18.3 Å². The van der Waals surface area contributed by atoms with Crippen LogP contribution in [0.3, 0.4) is 0 Å². The molecule has 0 bridgehead atoms.